The zero-order valence-electron chi connectivity index (χ0n) is 39.8. The van der Waals surface area contributed by atoms with Gasteiger partial charge in [-0.3, -0.25) is 29.6 Å². The highest BCUT2D eigenvalue weighted by Crippen LogP contribution is 2.28. The van der Waals surface area contributed by atoms with Gasteiger partial charge in [-0.05, 0) is 98.7 Å². The van der Waals surface area contributed by atoms with Gasteiger partial charge in [0.1, 0.15) is 17.8 Å². The van der Waals surface area contributed by atoms with E-state index in [9.17, 15) is 29.8 Å². The van der Waals surface area contributed by atoms with Crippen molar-refractivity contribution in [2.45, 2.75) is 50.6 Å². The Hall–Kier alpha value is -7.51. The number of carbonyl (C=O) groups excluding carboxylic acids is 2. The normalized spacial score (nSPS) is 14.6. The minimum atomic E-state index is -0.447. The summed E-state index contributed by atoms with van der Waals surface area (Å²) in [7, 11) is 6.89. The molecule has 2 aromatic heterocycles. The molecule has 1 N–H and O–H groups in total. The number of carbonyl (C=O) groups is 2. The molecule has 3 fully saturated rings. The molecule has 70 heavy (non-hydrogen) atoms. The number of nitrogens with one attached hydrogen (secondary N) is 1. The molecule has 370 valence electrons. The van der Waals surface area contributed by atoms with Crippen LogP contribution in [-0.2, 0) is 4.74 Å². The predicted molar refractivity (Wildman–Crippen MR) is 269 cm³/mol. The van der Waals surface area contributed by atoms with E-state index in [4.69, 9.17) is 25.8 Å². The lowest BCUT2D eigenvalue weighted by Gasteiger charge is -2.37. The molecule has 2 amide bonds. The molecule has 0 spiro atoms. The second-order valence-corrected chi connectivity index (χ2v) is 17.0. The highest BCUT2D eigenvalue weighted by Gasteiger charge is 2.27. The first-order valence-electron chi connectivity index (χ1n) is 22.9. The number of halogens is 1. The van der Waals surface area contributed by atoms with E-state index in [1.807, 2.05) is 31.3 Å². The van der Waals surface area contributed by atoms with Crippen molar-refractivity contribution in [3.8, 4) is 34.0 Å². The number of imidazole rings is 2. The van der Waals surface area contributed by atoms with E-state index >= 15 is 0 Å². The number of methoxy groups -OCH3 is 2. The molecular formula is C50H59ClN10O9. The van der Waals surface area contributed by atoms with E-state index in [0.29, 0.717) is 11.3 Å². The molecule has 9 rings (SSSR count). The SMILES string of the molecule is C1CCOC1.COc1ccc(N2CCC(N(C)C(=O)Cl)CC2)cc1.COc1ccc(N2CCC(N(C)C(=O)n3cnc(-c4cccc([N+](=O)[O-])c4)c3)CC2)cc1.O=[N+]([O-])c1cccc(-c2cnc[nH]2)c1. The maximum Gasteiger partial charge on any atom is 0.329 e. The number of amides is 2. The average molecular weight is 980 g/mol. The summed E-state index contributed by atoms with van der Waals surface area (Å²) in [6, 6.07) is 28.9. The fraction of sp³-hybridized carbons (Fsp3) is 0.360. The average Bonchev–Trinajstić information content (AvgIpc) is 4.26. The number of non-ortho nitro benzene ring substituents is 2. The summed E-state index contributed by atoms with van der Waals surface area (Å²) in [4.78, 5) is 63.8. The molecule has 20 heteroatoms. The summed E-state index contributed by atoms with van der Waals surface area (Å²) >= 11 is 5.51. The van der Waals surface area contributed by atoms with Crippen molar-refractivity contribution in [1.82, 2.24) is 29.3 Å². The van der Waals surface area contributed by atoms with Crippen molar-refractivity contribution in [1.29, 1.82) is 0 Å². The quantitative estimate of drug-likeness (QED) is 0.0588. The smallest absolute Gasteiger partial charge is 0.329 e. The van der Waals surface area contributed by atoms with Crippen LogP contribution in [0.25, 0.3) is 22.5 Å². The van der Waals surface area contributed by atoms with Gasteiger partial charge in [0.15, 0.2) is 0 Å². The van der Waals surface area contributed by atoms with Gasteiger partial charge in [0.2, 0.25) is 0 Å². The van der Waals surface area contributed by atoms with Crippen LogP contribution in [0.2, 0.25) is 0 Å². The summed E-state index contributed by atoms with van der Waals surface area (Å²) in [6.07, 6.45) is 12.4. The van der Waals surface area contributed by atoms with Crippen LogP contribution >= 0.6 is 11.6 Å². The van der Waals surface area contributed by atoms with Crippen LogP contribution in [-0.4, -0.2) is 130 Å². The maximum absolute atomic E-state index is 13.0. The minimum absolute atomic E-state index is 0.0101. The number of piperidine rings is 2. The Kier molecular flexibility index (Phi) is 19.1. The van der Waals surface area contributed by atoms with Gasteiger partial charge in [-0.1, -0.05) is 24.3 Å². The molecule has 0 saturated carbocycles. The highest BCUT2D eigenvalue weighted by molar-refractivity contribution is 6.62. The first-order chi connectivity index (χ1) is 33.8. The second-order valence-electron chi connectivity index (χ2n) is 16.7. The molecule has 3 aliphatic heterocycles. The fourth-order valence-corrected chi connectivity index (χ4v) is 8.30. The molecule has 0 atom stereocenters. The summed E-state index contributed by atoms with van der Waals surface area (Å²) < 4.78 is 16.8. The number of nitro benzene ring substituents is 2. The Labute approximate surface area is 411 Å². The van der Waals surface area contributed by atoms with Gasteiger partial charge in [0, 0.05) is 119 Å². The van der Waals surface area contributed by atoms with Gasteiger partial charge in [-0.2, -0.15) is 0 Å². The number of hydrogen-bond acceptors (Lipinski definition) is 13. The van der Waals surface area contributed by atoms with Gasteiger partial charge in [-0.25, -0.2) is 14.8 Å². The van der Waals surface area contributed by atoms with Gasteiger partial charge < -0.3 is 38.8 Å². The lowest BCUT2D eigenvalue weighted by molar-refractivity contribution is -0.385. The van der Waals surface area contributed by atoms with E-state index in [1.54, 1.807) is 67.7 Å². The number of ether oxygens (including phenoxy) is 3. The van der Waals surface area contributed by atoms with E-state index in [2.05, 4.69) is 49.0 Å². The number of aromatic amines is 1. The molecule has 6 aromatic rings. The Balaban J connectivity index is 0.000000178. The van der Waals surface area contributed by atoms with Crippen LogP contribution in [0.1, 0.15) is 38.5 Å². The maximum atomic E-state index is 13.0. The highest BCUT2D eigenvalue weighted by atomic mass is 35.5. The third-order valence-corrected chi connectivity index (χ3v) is 12.6. The molecular weight excluding hydrogens is 920 g/mol. The first-order valence-corrected chi connectivity index (χ1v) is 23.3. The zero-order chi connectivity index (χ0) is 50.0. The number of anilines is 2. The lowest BCUT2D eigenvalue weighted by atomic mass is 10.0. The number of nitro groups is 2. The Bertz CT molecular complexity index is 2590. The van der Waals surface area contributed by atoms with E-state index < -0.39 is 9.85 Å². The fourth-order valence-electron chi connectivity index (χ4n) is 8.16. The number of H-pyrrole nitrogens is 1. The number of hydrogen-bond donors (Lipinski definition) is 1. The van der Waals surface area contributed by atoms with Gasteiger partial charge in [0.25, 0.3) is 11.4 Å². The number of benzene rings is 4. The second kappa shape index (κ2) is 25.7. The predicted octanol–water partition coefficient (Wildman–Crippen LogP) is 9.77. The van der Waals surface area contributed by atoms with Crippen molar-refractivity contribution in [2.75, 3.05) is 77.5 Å². The van der Waals surface area contributed by atoms with Crippen molar-refractivity contribution in [2.24, 2.45) is 0 Å². The molecule has 0 bridgehead atoms. The topological polar surface area (TPSA) is 208 Å². The van der Waals surface area contributed by atoms with Crippen LogP contribution in [0.5, 0.6) is 11.5 Å². The summed E-state index contributed by atoms with van der Waals surface area (Å²) in [5, 5.41) is 21.1. The van der Waals surface area contributed by atoms with E-state index in [0.717, 1.165) is 93.5 Å². The number of aromatic nitrogens is 4. The van der Waals surface area contributed by atoms with Crippen molar-refractivity contribution < 1.29 is 33.6 Å². The number of nitrogens with zero attached hydrogens (tertiary/aromatic N) is 9. The van der Waals surface area contributed by atoms with Gasteiger partial charge in [0.05, 0.1) is 48.0 Å². The Morgan fingerprint density at radius 2 is 1.21 bits per heavy atom. The molecule has 5 heterocycles. The van der Waals surface area contributed by atoms with Crippen molar-refractivity contribution >= 4 is 45.7 Å². The molecule has 4 aromatic carbocycles. The number of rotatable bonds is 10. The molecule has 3 aliphatic rings. The molecule has 19 nitrogen and oxygen atoms in total. The molecule has 0 radical (unpaired) electrons. The summed E-state index contributed by atoms with van der Waals surface area (Å²) in [6.45, 7) is 5.59. The lowest BCUT2D eigenvalue weighted by Crippen LogP contribution is -2.46. The van der Waals surface area contributed by atoms with E-state index in [1.165, 1.54) is 60.0 Å². The largest absolute Gasteiger partial charge is 0.497 e. The molecule has 0 aliphatic carbocycles. The summed E-state index contributed by atoms with van der Waals surface area (Å²) in [5.74, 6) is 1.70. The summed E-state index contributed by atoms with van der Waals surface area (Å²) in [5.41, 5.74) is 5.06. The van der Waals surface area contributed by atoms with Crippen LogP contribution < -0.4 is 19.3 Å². The van der Waals surface area contributed by atoms with Crippen LogP contribution in [0.4, 0.5) is 32.3 Å². The van der Waals surface area contributed by atoms with E-state index in [-0.39, 0.29) is 34.9 Å². The molecule has 3 saturated heterocycles. The third-order valence-electron chi connectivity index (χ3n) is 12.3. The van der Waals surface area contributed by atoms with Crippen molar-refractivity contribution in [3.63, 3.8) is 0 Å². The Morgan fingerprint density at radius 3 is 1.64 bits per heavy atom. The standard InChI is InChI=1S/C23H25N5O4.C14H19ClN2O2.C9H7N3O2.C4H8O/c1-25(18-10-12-26(13-11-18)19-6-8-21(32-2)9-7-19)23(29)27-15-22(24-16-27)17-4-3-5-20(14-17)28(30)31;1-16(14(15)18)11-7-9-17(10-8-11)12-3-5-13(19-2)6-4-12;13-12(14)8-3-1-2-7(4-8)9-5-10-6-11-9;1-2-4-5-3-1/h3-9,14-16,18H,10-13H2,1-2H3;3-6,11H,7-10H2,1-2H3;1-6H,(H,10,11);1-4H2. The van der Waals surface area contributed by atoms with Gasteiger partial charge >= 0.3 is 11.4 Å². The van der Waals surface area contributed by atoms with Crippen LogP contribution in [0.3, 0.4) is 0 Å². The van der Waals surface area contributed by atoms with Crippen molar-refractivity contribution in [3.05, 3.63) is 142 Å². The molecule has 0 unspecified atom stereocenters. The van der Waals surface area contributed by atoms with Gasteiger partial charge in [-0.15, -0.1) is 0 Å². The third kappa shape index (κ3) is 14.5. The first kappa shape index (κ1) is 51.9. The minimum Gasteiger partial charge on any atom is -0.497 e. The monoisotopic (exact) mass is 978 g/mol. The Morgan fingerprint density at radius 1 is 0.729 bits per heavy atom. The zero-order valence-corrected chi connectivity index (χ0v) is 40.5. The van der Waals surface area contributed by atoms with Crippen LogP contribution in [0.15, 0.2) is 122 Å². The van der Waals surface area contributed by atoms with Crippen LogP contribution in [0, 0.1) is 20.2 Å².